The summed E-state index contributed by atoms with van der Waals surface area (Å²) < 4.78 is 4.59. The lowest BCUT2D eigenvalue weighted by Crippen LogP contribution is -2.32. The highest BCUT2D eigenvalue weighted by Crippen LogP contribution is 2.33. The number of pyridine rings is 1. The molecule has 2 aromatic heterocycles. The summed E-state index contributed by atoms with van der Waals surface area (Å²) in [5.74, 6) is 0. The molecule has 0 saturated carbocycles. The summed E-state index contributed by atoms with van der Waals surface area (Å²) in [6.45, 7) is 2.23. The van der Waals surface area contributed by atoms with Crippen LogP contribution in [0.25, 0.3) is 44.3 Å². The van der Waals surface area contributed by atoms with Crippen LogP contribution in [0.2, 0.25) is 0 Å². The highest BCUT2D eigenvalue weighted by atomic mass is 14.9. The van der Waals surface area contributed by atoms with E-state index in [9.17, 15) is 0 Å². The first-order valence-electron chi connectivity index (χ1n) is 9.68. The van der Waals surface area contributed by atoms with Crippen LogP contribution in [-0.4, -0.2) is 4.57 Å². The van der Waals surface area contributed by atoms with Crippen LogP contribution in [0.15, 0.2) is 84.9 Å². The number of fused-ring (bicyclic) bond motifs is 2. The molecule has 3 aromatic carbocycles. The first-order chi connectivity index (χ1) is 13.6. The van der Waals surface area contributed by atoms with Gasteiger partial charge in [-0.05, 0) is 42.8 Å². The Balaban J connectivity index is 1.74. The average Bonchev–Trinajstić information content (AvgIpc) is 3.06. The first kappa shape index (κ1) is 16.8. The molecule has 136 valence electrons. The third-order valence-electron chi connectivity index (χ3n) is 5.92. The fourth-order valence-corrected chi connectivity index (χ4v) is 4.35. The predicted molar refractivity (Wildman–Crippen MR) is 117 cm³/mol. The van der Waals surface area contributed by atoms with Crippen molar-refractivity contribution in [3.63, 3.8) is 0 Å². The Bertz CT molecular complexity index is 1340. The third-order valence-corrected chi connectivity index (χ3v) is 5.92. The Kier molecular flexibility index (Phi) is 3.80. The second-order valence-electron chi connectivity index (χ2n) is 7.46. The smallest absolute Gasteiger partial charge is 0.213 e. The monoisotopic (exact) mass is 363 g/mol. The average molecular weight is 363 g/mol. The minimum atomic E-state index is 1.23. The Morgan fingerprint density at radius 3 is 2.25 bits per heavy atom. The van der Waals surface area contributed by atoms with E-state index in [0.29, 0.717) is 0 Å². The zero-order chi connectivity index (χ0) is 19.3. The number of hydrogen-bond donors (Lipinski definition) is 0. The van der Waals surface area contributed by atoms with Crippen molar-refractivity contribution in [2.45, 2.75) is 6.92 Å². The molecular weight excluding hydrogens is 340 g/mol. The van der Waals surface area contributed by atoms with E-state index in [2.05, 4.69) is 115 Å². The molecule has 5 aromatic rings. The van der Waals surface area contributed by atoms with Crippen molar-refractivity contribution in [2.24, 2.45) is 14.1 Å². The van der Waals surface area contributed by atoms with E-state index in [1.165, 1.54) is 49.9 Å². The van der Waals surface area contributed by atoms with Crippen LogP contribution in [0.5, 0.6) is 0 Å². The molecule has 0 aliphatic carbocycles. The molecule has 0 spiro atoms. The van der Waals surface area contributed by atoms with Crippen LogP contribution in [0.3, 0.4) is 0 Å². The molecule has 5 rings (SSSR count). The standard InChI is InChI=1S/C26H23N2/c1-18-21(25-16-15-19-9-4-6-13-23(19)27(25)2)11-8-12-22(18)26-17-20-10-5-7-14-24(20)28(26)3/h4-17H,1-3H3/q+1. The van der Waals surface area contributed by atoms with Gasteiger partial charge in [-0.1, -0.05) is 42.5 Å². The Morgan fingerprint density at radius 1 is 0.714 bits per heavy atom. The lowest BCUT2D eigenvalue weighted by atomic mass is 9.97. The number of aromatic nitrogens is 2. The number of aryl methyl sites for hydroxylation is 2. The van der Waals surface area contributed by atoms with Gasteiger partial charge in [-0.15, -0.1) is 0 Å². The molecule has 2 heteroatoms. The van der Waals surface area contributed by atoms with Crippen molar-refractivity contribution >= 4 is 21.8 Å². The molecule has 28 heavy (non-hydrogen) atoms. The van der Waals surface area contributed by atoms with Crippen LogP contribution in [0, 0.1) is 6.92 Å². The van der Waals surface area contributed by atoms with Gasteiger partial charge in [-0.25, -0.2) is 0 Å². The second kappa shape index (κ2) is 6.35. The van der Waals surface area contributed by atoms with Crippen molar-refractivity contribution in [1.82, 2.24) is 4.57 Å². The maximum absolute atomic E-state index is 2.29. The summed E-state index contributed by atoms with van der Waals surface area (Å²) in [5.41, 5.74) is 8.86. The largest absolute Gasteiger partial charge is 0.344 e. The summed E-state index contributed by atoms with van der Waals surface area (Å²) in [5, 5.41) is 2.54. The van der Waals surface area contributed by atoms with Gasteiger partial charge in [0.2, 0.25) is 11.2 Å². The van der Waals surface area contributed by atoms with Crippen molar-refractivity contribution in [3.05, 3.63) is 90.5 Å². The predicted octanol–water partition coefficient (Wildman–Crippen LogP) is 5.80. The second-order valence-corrected chi connectivity index (χ2v) is 7.46. The third kappa shape index (κ3) is 2.45. The Hall–Kier alpha value is -3.39. The minimum Gasteiger partial charge on any atom is -0.344 e. The van der Waals surface area contributed by atoms with Crippen LogP contribution in [-0.2, 0) is 14.1 Å². The molecule has 0 saturated heterocycles. The number of benzene rings is 3. The van der Waals surface area contributed by atoms with Crippen molar-refractivity contribution in [1.29, 1.82) is 0 Å². The van der Waals surface area contributed by atoms with E-state index >= 15 is 0 Å². The van der Waals surface area contributed by atoms with E-state index in [1.807, 2.05) is 0 Å². The van der Waals surface area contributed by atoms with Gasteiger partial charge in [0.05, 0.1) is 0 Å². The fourth-order valence-electron chi connectivity index (χ4n) is 4.35. The molecule has 0 N–H and O–H groups in total. The Labute approximate surface area is 165 Å². The molecule has 0 bridgehead atoms. The molecule has 0 radical (unpaired) electrons. The number of hydrogen-bond acceptors (Lipinski definition) is 0. The van der Waals surface area contributed by atoms with Gasteiger partial charge in [-0.2, -0.15) is 4.57 Å². The normalized spacial score (nSPS) is 11.4. The van der Waals surface area contributed by atoms with E-state index < -0.39 is 0 Å². The molecule has 0 unspecified atom stereocenters. The zero-order valence-corrected chi connectivity index (χ0v) is 16.5. The quantitative estimate of drug-likeness (QED) is 0.351. The SMILES string of the molecule is Cc1c(-c2cc3ccccc3n2C)cccc1-c1ccc2ccccc2[n+]1C. The molecule has 0 aliphatic heterocycles. The molecule has 2 nitrogen and oxygen atoms in total. The fraction of sp³-hybridized carbons (Fsp3) is 0.115. The molecule has 0 fully saturated rings. The van der Waals surface area contributed by atoms with Crippen molar-refractivity contribution < 1.29 is 4.57 Å². The van der Waals surface area contributed by atoms with Gasteiger partial charge in [0.15, 0.2) is 0 Å². The summed E-state index contributed by atoms with van der Waals surface area (Å²) in [6.07, 6.45) is 0. The lowest BCUT2D eigenvalue weighted by molar-refractivity contribution is -0.633. The highest BCUT2D eigenvalue weighted by Gasteiger charge is 2.18. The highest BCUT2D eigenvalue weighted by molar-refractivity contribution is 5.89. The van der Waals surface area contributed by atoms with Gasteiger partial charge < -0.3 is 4.57 Å². The van der Waals surface area contributed by atoms with Gasteiger partial charge in [-0.3, -0.25) is 0 Å². The van der Waals surface area contributed by atoms with E-state index in [4.69, 9.17) is 0 Å². The minimum absolute atomic E-state index is 1.23. The van der Waals surface area contributed by atoms with Crippen LogP contribution >= 0.6 is 0 Å². The topological polar surface area (TPSA) is 8.81 Å². The van der Waals surface area contributed by atoms with E-state index in [-0.39, 0.29) is 0 Å². The molecule has 2 heterocycles. The molecular formula is C26H23N2+. The summed E-state index contributed by atoms with van der Waals surface area (Å²) in [4.78, 5) is 0. The van der Waals surface area contributed by atoms with Gasteiger partial charge >= 0.3 is 0 Å². The summed E-state index contributed by atoms with van der Waals surface area (Å²) in [6, 6.07) is 30.5. The first-order valence-corrected chi connectivity index (χ1v) is 9.68. The molecule has 0 atom stereocenters. The number of nitrogens with zero attached hydrogens (tertiary/aromatic N) is 2. The molecule has 0 amide bonds. The number of rotatable bonds is 2. The van der Waals surface area contributed by atoms with Crippen LogP contribution < -0.4 is 4.57 Å². The van der Waals surface area contributed by atoms with Gasteiger partial charge in [0, 0.05) is 52.3 Å². The van der Waals surface area contributed by atoms with E-state index in [0.717, 1.165) is 0 Å². The number of para-hydroxylation sites is 2. The van der Waals surface area contributed by atoms with Gasteiger partial charge in [0.1, 0.15) is 7.05 Å². The maximum Gasteiger partial charge on any atom is 0.213 e. The molecule has 0 aliphatic rings. The Morgan fingerprint density at radius 2 is 1.43 bits per heavy atom. The van der Waals surface area contributed by atoms with E-state index in [1.54, 1.807) is 0 Å². The summed E-state index contributed by atoms with van der Waals surface area (Å²) >= 11 is 0. The zero-order valence-electron chi connectivity index (χ0n) is 16.5. The maximum atomic E-state index is 2.29. The van der Waals surface area contributed by atoms with Crippen molar-refractivity contribution in [2.75, 3.05) is 0 Å². The van der Waals surface area contributed by atoms with Crippen LogP contribution in [0.1, 0.15) is 5.56 Å². The summed E-state index contributed by atoms with van der Waals surface area (Å²) in [7, 11) is 4.31. The van der Waals surface area contributed by atoms with Gasteiger partial charge in [0.25, 0.3) is 0 Å². The van der Waals surface area contributed by atoms with Crippen molar-refractivity contribution in [3.8, 4) is 22.5 Å². The van der Waals surface area contributed by atoms with Crippen LogP contribution in [0.4, 0.5) is 0 Å². The lowest BCUT2D eigenvalue weighted by Gasteiger charge is -2.12.